The predicted octanol–water partition coefficient (Wildman–Crippen LogP) is 4.26. The van der Waals surface area contributed by atoms with E-state index in [1.807, 2.05) is 0 Å². The Bertz CT molecular complexity index is 478. The van der Waals surface area contributed by atoms with Crippen molar-refractivity contribution in [2.75, 3.05) is 7.11 Å². The quantitative estimate of drug-likeness (QED) is 0.877. The Hall–Kier alpha value is -1.09. The normalized spacial score (nSPS) is 27.4. The van der Waals surface area contributed by atoms with E-state index in [4.69, 9.17) is 4.74 Å². The highest BCUT2D eigenvalue weighted by atomic mass is 19.1. The molecule has 0 aliphatic heterocycles. The molecule has 1 saturated carbocycles. The maximum atomic E-state index is 14.4. The highest BCUT2D eigenvalue weighted by molar-refractivity contribution is 5.33. The molecule has 1 N–H and O–H groups in total. The molecule has 0 spiro atoms. The van der Waals surface area contributed by atoms with Crippen LogP contribution in [0.3, 0.4) is 0 Å². The lowest BCUT2D eigenvalue weighted by Gasteiger charge is -2.47. The van der Waals surface area contributed by atoms with Gasteiger partial charge in [0.15, 0.2) is 0 Å². The van der Waals surface area contributed by atoms with E-state index in [0.29, 0.717) is 17.7 Å². The van der Waals surface area contributed by atoms with Gasteiger partial charge in [-0.15, -0.1) is 0 Å². The van der Waals surface area contributed by atoms with E-state index in [-0.39, 0.29) is 17.2 Å². The first-order chi connectivity index (χ1) is 9.29. The molecule has 0 amide bonds. The fraction of sp³-hybridized carbons (Fsp3) is 0.647. The van der Waals surface area contributed by atoms with Crippen LogP contribution in [0.2, 0.25) is 0 Å². The van der Waals surface area contributed by atoms with Crippen LogP contribution in [0.15, 0.2) is 18.2 Å². The number of ether oxygens (including phenoxy) is 1. The van der Waals surface area contributed by atoms with Crippen molar-refractivity contribution in [1.29, 1.82) is 0 Å². The summed E-state index contributed by atoms with van der Waals surface area (Å²) in [7, 11) is 1.52. The van der Waals surface area contributed by atoms with Gasteiger partial charge in [0.05, 0.1) is 12.7 Å². The summed E-state index contributed by atoms with van der Waals surface area (Å²) < 4.78 is 19.4. The summed E-state index contributed by atoms with van der Waals surface area (Å²) >= 11 is 0. The van der Waals surface area contributed by atoms with Gasteiger partial charge >= 0.3 is 0 Å². The van der Waals surface area contributed by atoms with E-state index in [1.54, 1.807) is 12.1 Å². The van der Waals surface area contributed by atoms with Gasteiger partial charge in [-0.3, -0.25) is 0 Å². The number of hydrogen-bond donors (Lipinski definition) is 1. The van der Waals surface area contributed by atoms with Crippen molar-refractivity contribution in [1.82, 2.24) is 0 Å². The molecule has 1 aromatic carbocycles. The van der Waals surface area contributed by atoms with Crippen LogP contribution in [0.5, 0.6) is 5.75 Å². The van der Waals surface area contributed by atoms with Crippen LogP contribution < -0.4 is 4.74 Å². The van der Waals surface area contributed by atoms with Crippen LogP contribution in [0, 0.1) is 17.2 Å². The molecule has 2 atom stereocenters. The highest BCUT2D eigenvalue weighted by Gasteiger charge is 2.47. The number of halogens is 1. The molecule has 2 unspecified atom stereocenters. The summed E-state index contributed by atoms with van der Waals surface area (Å²) in [5.74, 6) is 0.174. The first kappa shape index (κ1) is 15.3. The van der Waals surface area contributed by atoms with Gasteiger partial charge in [0.1, 0.15) is 11.6 Å². The lowest BCUT2D eigenvalue weighted by Crippen LogP contribution is -2.45. The topological polar surface area (TPSA) is 29.5 Å². The Morgan fingerprint density at radius 3 is 2.55 bits per heavy atom. The molecule has 1 fully saturated rings. The molecule has 2 rings (SSSR count). The minimum absolute atomic E-state index is 0.0540. The molecule has 1 aliphatic carbocycles. The molecule has 112 valence electrons. The summed E-state index contributed by atoms with van der Waals surface area (Å²) in [5.41, 5.74) is -0.716. The molecule has 20 heavy (non-hydrogen) atoms. The fourth-order valence-electron chi connectivity index (χ4n) is 3.60. The second-order valence-electron chi connectivity index (χ2n) is 6.93. The molecule has 1 aliphatic rings. The van der Waals surface area contributed by atoms with Crippen LogP contribution in [0.25, 0.3) is 0 Å². The third kappa shape index (κ3) is 2.69. The van der Waals surface area contributed by atoms with Crippen molar-refractivity contribution < 1.29 is 14.2 Å². The molecular formula is C17H25FO2. The molecule has 0 heterocycles. The van der Waals surface area contributed by atoms with Crippen LogP contribution in [0.1, 0.15) is 52.0 Å². The van der Waals surface area contributed by atoms with Gasteiger partial charge in [-0.25, -0.2) is 4.39 Å². The monoisotopic (exact) mass is 280 g/mol. The molecule has 0 aromatic heterocycles. The molecule has 3 heteroatoms. The SMILES string of the molecule is COc1ccc(C2(O)CCCCC2C(C)(C)C)c(F)c1. The second kappa shape index (κ2) is 5.36. The average molecular weight is 280 g/mol. The standard InChI is InChI=1S/C17H25FO2/c1-16(2,3)15-7-5-6-10-17(15,19)13-9-8-12(20-4)11-14(13)18/h8-9,11,15,19H,5-7,10H2,1-4H3. The third-order valence-corrected chi connectivity index (χ3v) is 4.57. The number of rotatable bonds is 2. The Balaban J connectivity index is 2.46. The first-order valence-corrected chi connectivity index (χ1v) is 7.35. The highest BCUT2D eigenvalue weighted by Crippen LogP contribution is 2.50. The van der Waals surface area contributed by atoms with Crippen molar-refractivity contribution in [3.8, 4) is 5.75 Å². The Kier molecular flexibility index (Phi) is 4.10. The maximum Gasteiger partial charge on any atom is 0.132 e. The van der Waals surface area contributed by atoms with E-state index in [0.717, 1.165) is 19.3 Å². The van der Waals surface area contributed by atoms with E-state index >= 15 is 0 Å². The molecule has 0 saturated heterocycles. The van der Waals surface area contributed by atoms with Crippen molar-refractivity contribution in [3.63, 3.8) is 0 Å². The second-order valence-corrected chi connectivity index (χ2v) is 6.93. The van der Waals surface area contributed by atoms with Crippen molar-refractivity contribution in [3.05, 3.63) is 29.6 Å². The minimum Gasteiger partial charge on any atom is -0.497 e. The number of aliphatic hydroxyl groups is 1. The van der Waals surface area contributed by atoms with E-state index in [9.17, 15) is 9.50 Å². The maximum absolute atomic E-state index is 14.4. The Morgan fingerprint density at radius 2 is 2.00 bits per heavy atom. The zero-order valence-corrected chi connectivity index (χ0v) is 12.9. The van der Waals surface area contributed by atoms with Crippen LogP contribution >= 0.6 is 0 Å². The van der Waals surface area contributed by atoms with Gasteiger partial charge in [0.25, 0.3) is 0 Å². The van der Waals surface area contributed by atoms with Crippen LogP contribution in [0.4, 0.5) is 4.39 Å². The van der Waals surface area contributed by atoms with Crippen molar-refractivity contribution in [2.24, 2.45) is 11.3 Å². The van der Waals surface area contributed by atoms with Crippen molar-refractivity contribution >= 4 is 0 Å². The molecule has 0 bridgehead atoms. The Labute approximate surface area is 121 Å². The van der Waals surface area contributed by atoms with Gasteiger partial charge in [0.2, 0.25) is 0 Å². The van der Waals surface area contributed by atoms with Gasteiger partial charge in [-0.05, 0) is 36.3 Å². The predicted molar refractivity (Wildman–Crippen MR) is 78.3 cm³/mol. The summed E-state index contributed by atoms with van der Waals surface area (Å²) in [5, 5.41) is 11.2. The summed E-state index contributed by atoms with van der Waals surface area (Å²) in [6, 6.07) is 4.77. The largest absolute Gasteiger partial charge is 0.497 e. The number of methoxy groups -OCH3 is 1. The average Bonchev–Trinajstić information content (AvgIpc) is 2.37. The lowest BCUT2D eigenvalue weighted by atomic mass is 9.61. The zero-order chi connectivity index (χ0) is 15.0. The van der Waals surface area contributed by atoms with Crippen molar-refractivity contribution in [2.45, 2.75) is 52.1 Å². The minimum atomic E-state index is -1.08. The lowest BCUT2D eigenvalue weighted by molar-refractivity contribution is -0.0980. The van der Waals surface area contributed by atoms with Gasteiger partial charge in [0, 0.05) is 11.6 Å². The molecule has 1 aromatic rings. The van der Waals surface area contributed by atoms with Gasteiger partial charge < -0.3 is 9.84 Å². The molecule has 2 nitrogen and oxygen atoms in total. The van der Waals surface area contributed by atoms with Crippen LogP contribution in [-0.4, -0.2) is 12.2 Å². The summed E-state index contributed by atoms with van der Waals surface area (Å²) in [6.45, 7) is 6.36. The molecule has 0 radical (unpaired) electrons. The first-order valence-electron chi connectivity index (χ1n) is 7.35. The molecular weight excluding hydrogens is 255 g/mol. The van der Waals surface area contributed by atoms with Crippen LogP contribution in [-0.2, 0) is 5.60 Å². The smallest absolute Gasteiger partial charge is 0.132 e. The third-order valence-electron chi connectivity index (χ3n) is 4.57. The zero-order valence-electron chi connectivity index (χ0n) is 12.9. The van der Waals surface area contributed by atoms with E-state index < -0.39 is 5.60 Å². The fourth-order valence-corrected chi connectivity index (χ4v) is 3.60. The number of benzene rings is 1. The summed E-state index contributed by atoms with van der Waals surface area (Å²) in [4.78, 5) is 0. The van der Waals surface area contributed by atoms with Gasteiger partial charge in [-0.1, -0.05) is 33.6 Å². The van der Waals surface area contributed by atoms with E-state index in [1.165, 1.54) is 13.2 Å². The van der Waals surface area contributed by atoms with E-state index in [2.05, 4.69) is 20.8 Å². The Morgan fingerprint density at radius 1 is 1.30 bits per heavy atom. The van der Waals surface area contributed by atoms with Gasteiger partial charge in [-0.2, -0.15) is 0 Å². The summed E-state index contributed by atoms with van der Waals surface area (Å²) in [6.07, 6.45) is 3.60. The number of hydrogen-bond acceptors (Lipinski definition) is 2.